The fourth-order valence-corrected chi connectivity index (χ4v) is 4.00. The van der Waals surface area contributed by atoms with E-state index in [1.165, 1.54) is 6.08 Å². The maximum Gasteiger partial charge on any atom is 0.348 e. The van der Waals surface area contributed by atoms with E-state index < -0.39 is 11.9 Å². The molecule has 0 saturated carbocycles. The lowest BCUT2D eigenvalue weighted by atomic mass is 10.1. The summed E-state index contributed by atoms with van der Waals surface area (Å²) in [6, 6.07) is 0. The van der Waals surface area contributed by atoms with Gasteiger partial charge in [0.1, 0.15) is 16.5 Å². The van der Waals surface area contributed by atoms with E-state index in [0.717, 1.165) is 11.3 Å². The summed E-state index contributed by atoms with van der Waals surface area (Å²) < 4.78 is 10.1. The molecular weight excluding hydrogens is 384 g/mol. The van der Waals surface area contributed by atoms with Gasteiger partial charge in [-0.15, -0.1) is 11.3 Å². The number of likely N-dealkylation sites (tertiary alicyclic amines) is 1. The summed E-state index contributed by atoms with van der Waals surface area (Å²) in [5.74, 6) is -1.48. The molecule has 9 heteroatoms. The van der Waals surface area contributed by atoms with E-state index >= 15 is 0 Å². The van der Waals surface area contributed by atoms with Gasteiger partial charge in [0.2, 0.25) is 5.91 Å². The Morgan fingerprint density at radius 2 is 1.96 bits per heavy atom. The Bertz CT molecular complexity index is 737. The minimum atomic E-state index is -0.601. The Morgan fingerprint density at radius 3 is 2.57 bits per heavy atom. The molecule has 0 bridgehead atoms. The van der Waals surface area contributed by atoms with E-state index in [0.29, 0.717) is 31.5 Å². The van der Waals surface area contributed by atoms with Crippen molar-refractivity contribution in [2.24, 2.45) is 0 Å². The molecule has 2 N–H and O–H groups in total. The minimum absolute atomic E-state index is 0.0490. The topological polar surface area (TPSA) is 105 Å². The van der Waals surface area contributed by atoms with Crippen LogP contribution < -0.4 is 5.32 Å². The Labute approximate surface area is 168 Å². The molecular formula is C19H26N2O6S. The van der Waals surface area contributed by atoms with Gasteiger partial charge in [-0.2, -0.15) is 0 Å². The van der Waals surface area contributed by atoms with Crippen LogP contribution in [-0.2, 0) is 14.3 Å². The van der Waals surface area contributed by atoms with Crippen molar-refractivity contribution >= 4 is 34.2 Å². The molecule has 0 aromatic carbocycles. The smallest absolute Gasteiger partial charge is 0.348 e. The maximum atomic E-state index is 12.5. The molecule has 2 heterocycles. The average molecular weight is 410 g/mol. The lowest BCUT2D eigenvalue weighted by Gasteiger charge is -2.28. The molecule has 0 radical (unpaired) electrons. The van der Waals surface area contributed by atoms with Gasteiger partial charge < -0.3 is 19.9 Å². The molecule has 154 valence electrons. The summed E-state index contributed by atoms with van der Waals surface area (Å²) in [6.45, 7) is 8.42. The van der Waals surface area contributed by atoms with Crippen LogP contribution in [0, 0.1) is 6.92 Å². The maximum absolute atomic E-state index is 12.5. The third kappa shape index (κ3) is 5.63. The van der Waals surface area contributed by atoms with Crippen molar-refractivity contribution in [3.8, 4) is 0 Å². The van der Waals surface area contributed by atoms with E-state index in [9.17, 15) is 19.5 Å². The zero-order chi connectivity index (χ0) is 20.7. The Hall–Kier alpha value is -2.23. The van der Waals surface area contributed by atoms with Crippen LogP contribution in [0.2, 0.25) is 0 Å². The molecule has 1 fully saturated rings. The standard InChI is InChI=1S/C19H26N2O6S/c1-4-10-27-19(25)16-12(3)15(18(24)26-5-2)17(28-16)20-14(23)11-21-8-6-13(22)7-9-21/h4,13,22H,1,5-11H2,2-3H3,(H,20,23). The van der Waals surface area contributed by atoms with Gasteiger partial charge in [0.15, 0.2) is 0 Å². The van der Waals surface area contributed by atoms with Crippen LogP contribution in [0.25, 0.3) is 0 Å². The van der Waals surface area contributed by atoms with E-state index in [2.05, 4.69) is 11.9 Å². The number of piperidine rings is 1. The second kappa shape index (κ2) is 10.4. The van der Waals surface area contributed by atoms with E-state index in [1.807, 2.05) is 4.90 Å². The van der Waals surface area contributed by atoms with Crippen molar-refractivity contribution in [2.75, 3.05) is 38.2 Å². The summed E-state index contributed by atoms with van der Waals surface area (Å²) in [6.07, 6.45) is 2.38. The molecule has 1 amide bonds. The fraction of sp³-hybridized carbons (Fsp3) is 0.526. The average Bonchev–Trinajstić information content (AvgIpc) is 2.97. The Morgan fingerprint density at radius 1 is 1.29 bits per heavy atom. The molecule has 0 unspecified atom stereocenters. The van der Waals surface area contributed by atoms with Gasteiger partial charge in [0.25, 0.3) is 0 Å². The highest BCUT2D eigenvalue weighted by atomic mass is 32.1. The van der Waals surface area contributed by atoms with Gasteiger partial charge in [-0.05, 0) is 32.3 Å². The predicted molar refractivity (Wildman–Crippen MR) is 106 cm³/mol. The third-order valence-corrected chi connectivity index (χ3v) is 5.51. The molecule has 2 rings (SSSR count). The van der Waals surface area contributed by atoms with Gasteiger partial charge in [-0.1, -0.05) is 12.7 Å². The van der Waals surface area contributed by atoms with Crippen molar-refractivity contribution in [2.45, 2.75) is 32.8 Å². The summed E-state index contributed by atoms with van der Waals surface area (Å²) in [5.41, 5.74) is 0.578. The number of hydrogen-bond acceptors (Lipinski definition) is 8. The highest BCUT2D eigenvalue weighted by Gasteiger charge is 2.28. The number of hydrogen-bond donors (Lipinski definition) is 2. The molecule has 0 atom stereocenters. The largest absolute Gasteiger partial charge is 0.462 e. The second-order valence-corrected chi connectivity index (χ2v) is 7.44. The number of aliphatic hydroxyl groups is 1. The number of anilines is 1. The molecule has 1 aliphatic heterocycles. The SMILES string of the molecule is C=CCOC(=O)c1sc(NC(=O)CN2CCC(O)CC2)c(C(=O)OCC)c1C. The number of ether oxygens (including phenoxy) is 2. The number of amides is 1. The first-order chi connectivity index (χ1) is 13.4. The molecule has 1 saturated heterocycles. The third-order valence-electron chi connectivity index (χ3n) is 4.32. The lowest BCUT2D eigenvalue weighted by molar-refractivity contribution is -0.117. The van der Waals surface area contributed by atoms with Crippen LogP contribution in [-0.4, -0.2) is 66.8 Å². The number of nitrogens with one attached hydrogen (secondary N) is 1. The van der Waals surface area contributed by atoms with Crippen molar-refractivity contribution in [1.82, 2.24) is 4.90 Å². The number of carbonyl (C=O) groups is 3. The van der Waals surface area contributed by atoms with Crippen LogP contribution in [0.1, 0.15) is 45.4 Å². The lowest BCUT2D eigenvalue weighted by Crippen LogP contribution is -2.40. The second-order valence-electron chi connectivity index (χ2n) is 6.42. The van der Waals surface area contributed by atoms with Crippen LogP contribution >= 0.6 is 11.3 Å². The van der Waals surface area contributed by atoms with Crippen LogP contribution in [0.5, 0.6) is 0 Å². The summed E-state index contributed by atoms with van der Waals surface area (Å²) in [7, 11) is 0. The molecule has 8 nitrogen and oxygen atoms in total. The van der Waals surface area contributed by atoms with Crippen LogP contribution in [0.15, 0.2) is 12.7 Å². The molecule has 1 aromatic heterocycles. The molecule has 28 heavy (non-hydrogen) atoms. The van der Waals surface area contributed by atoms with Crippen LogP contribution in [0.3, 0.4) is 0 Å². The molecule has 1 aromatic rings. The van der Waals surface area contributed by atoms with Gasteiger partial charge >= 0.3 is 11.9 Å². The summed E-state index contributed by atoms with van der Waals surface area (Å²) >= 11 is 0.989. The highest BCUT2D eigenvalue weighted by Crippen LogP contribution is 2.34. The summed E-state index contributed by atoms with van der Waals surface area (Å²) in [5, 5.41) is 12.6. The van der Waals surface area contributed by atoms with E-state index in [1.54, 1.807) is 13.8 Å². The van der Waals surface area contributed by atoms with Gasteiger partial charge in [-0.25, -0.2) is 9.59 Å². The van der Waals surface area contributed by atoms with Crippen LogP contribution in [0.4, 0.5) is 5.00 Å². The molecule has 0 spiro atoms. The minimum Gasteiger partial charge on any atom is -0.462 e. The predicted octanol–water partition coefficient (Wildman–Crippen LogP) is 1.97. The summed E-state index contributed by atoms with van der Waals surface area (Å²) in [4.78, 5) is 39.3. The number of esters is 2. The first-order valence-corrected chi connectivity index (χ1v) is 9.97. The Balaban J connectivity index is 2.18. The van der Waals surface area contributed by atoms with Crippen molar-refractivity contribution in [3.05, 3.63) is 28.7 Å². The fourth-order valence-electron chi connectivity index (χ4n) is 2.89. The highest BCUT2D eigenvalue weighted by molar-refractivity contribution is 7.18. The first kappa shape index (κ1) is 22.1. The monoisotopic (exact) mass is 410 g/mol. The zero-order valence-electron chi connectivity index (χ0n) is 16.2. The van der Waals surface area contributed by atoms with E-state index in [-0.39, 0.29) is 47.2 Å². The van der Waals surface area contributed by atoms with E-state index in [4.69, 9.17) is 9.47 Å². The zero-order valence-corrected chi connectivity index (χ0v) is 17.0. The number of rotatable bonds is 8. The van der Waals surface area contributed by atoms with Crippen molar-refractivity contribution < 1.29 is 29.0 Å². The Kier molecular flexibility index (Phi) is 8.16. The number of nitrogens with zero attached hydrogens (tertiary/aromatic N) is 1. The number of carbonyl (C=O) groups excluding carboxylic acids is 3. The van der Waals surface area contributed by atoms with Crippen molar-refractivity contribution in [1.29, 1.82) is 0 Å². The number of thiophene rings is 1. The normalized spacial score (nSPS) is 15.1. The molecule has 0 aliphatic carbocycles. The van der Waals surface area contributed by atoms with Gasteiger partial charge in [0.05, 0.1) is 24.8 Å². The molecule has 1 aliphatic rings. The van der Waals surface area contributed by atoms with Gasteiger partial charge in [-0.3, -0.25) is 9.69 Å². The van der Waals surface area contributed by atoms with Gasteiger partial charge in [0, 0.05) is 13.1 Å². The first-order valence-electron chi connectivity index (χ1n) is 9.16. The quantitative estimate of drug-likeness (QED) is 0.499. The van der Waals surface area contributed by atoms with Crippen molar-refractivity contribution in [3.63, 3.8) is 0 Å². The number of aliphatic hydroxyl groups excluding tert-OH is 1.